The minimum atomic E-state index is -1.03. The fourth-order valence-electron chi connectivity index (χ4n) is 5.61. The summed E-state index contributed by atoms with van der Waals surface area (Å²) in [6.07, 6.45) is 3.96. The topological polar surface area (TPSA) is 104 Å². The van der Waals surface area contributed by atoms with Crippen LogP contribution in [-0.2, 0) is 33.3 Å². The first-order valence-corrected chi connectivity index (χ1v) is 14.0. The van der Waals surface area contributed by atoms with Gasteiger partial charge in [0.05, 0.1) is 12.1 Å². The zero-order chi connectivity index (χ0) is 30.5. The zero-order valence-corrected chi connectivity index (χ0v) is 25.4. The van der Waals surface area contributed by atoms with Crippen LogP contribution in [0.3, 0.4) is 0 Å². The van der Waals surface area contributed by atoms with E-state index in [-0.39, 0.29) is 23.3 Å². The first-order chi connectivity index (χ1) is 19.3. The number of rotatable bonds is 12. The van der Waals surface area contributed by atoms with Gasteiger partial charge in [-0.2, -0.15) is 0 Å². The molecule has 3 rings (SSSR count). The lowest BCUT2D eigenvalue weighted by Crippen LogP contribution is -2.59. The van der Waals surface area contributed by atoms with E-state index in [9.17, 15) is 19.5 Å². The quantitative estimate of drug-likeness (QED) is 0.287. The molecule has 0 fully saturated rings. The van der Waals surface area contributed by atoms with Crippen LogP contribution in [-0.4, -0.2) is 64.6 Å². The van der Waals surface area contributed by atoms with Gasteiger partial charge in [0, 0.05) is 48.6 Å². The van der Waals surface area contributed by atoms with Crippen molar-refractivity contribution >= 4 is 28.7 Å². The Bertz CT molecular complexity index is 1410. The van der Waals surface area contributed by atoms with Gasteiger partial charge in [0.15, 0.2) is 0 Å². The number of aryl methyl sites for hydroxylation is 1. The van der Waals surface area contributed by atoms with Gasteiger partial charge in [0.25, 0.3) is 0 Å². The fraction of sp³-hybridized carbons (Fsp3) is 0.424. The second-order valence-electron chi connectivity index (χ2n) is 11.7. The average molecular weight is 561 g/mol. The second-order valence-corrected chi connectivity index (χ2v) is 11.7. The summed E-state index contributed by atoms with van der Waals surface area (Å²) >= 11 is 0. The summed E-state index contributed by atoms with van der Waals surface area (Å²) in [5.41, 5.74) is 2.57. The zero-order valence-electron chi connectivity index (χ0n) is 25.4. The Hall–Kier alpha value is -3.91. The maximum Gasteiger partial charge on any atom is 0.331 e. The van der Waals surface area contributed by atoms with Crippen molar-refractivity contribution in [2.75, 3.05) is 14.1 Å². The molecule has 0 aliphatic carbocycles. The van der Waals surface area contributed by atoms with Crippen LogP contribution in [0.2, 0.25) is 0 Å². The number of carbonyl (C=O) groups is 3. The molecule has 41 heavy (non-hydrogen) atoms. The number of aromatic nitrogens is 1. The van der Waals surface area contributed by atoms with Crippen LogP contribution in [0.15, 0.2) is 72.4 Å². The summed E-state index contributed by atoms with van der Waals surface area (Å²) in [4.78, 5) is 41.1. The molecular formula is C33H44N4O4. The molecule has 0 radical (unpaired) electrons. The van der Waals surface area contributed by atoms with Gasteiger partial charge in [-0.1, -0.05) is 82.3 Å². The molecule has 8 nitrogen and oxygen atoms in total. The number of aliphatic carboxylic acids is 1. The highest BCUT2D eigenvalue weighted by Crippen LogP contribution is 2.34. The smallest absolute Gasteiger partial charge is 0.331 e. The molecule has 0 bridgehead atoms. The van der Waals surface area contributed by atoms with E-state index in [1.165, 1.54) is 6.92 Å². The molecule has 0 saturated carbocycles. The third-order valence-corrected chi connectivity index (χ3v) is 8.00. The number of carbonyl (C=O) groups excluding carboxylic acids is 2. The Labute approximate surface area is 243 Å². The number of hydrogen-bond acceptors (Lipinski definition) is 4. The Morgan fingerprint density at radius 1 is 1.05 bits per heavy atom. The maximum absolute atomic E-state index is 14.0. The first-order valence-electron chi connectivity index (χ1n) is 14.0. The molecule has 0 saturated heterocycles. The highest BCUT2D eigenvalue weighted by Gasteiger charge is 2.39. The minimum absolute atomic E-state index is 0.0401. The molecular weight excluding hydrogens is 516 g/mol. The molecule has 220 valence electrons. The van der Waals surface area contributed by atoms with E-state index in [0.29, 0.717) is 6.42 Å². The van der Waals surface area contributed by atoms with E-state index in [4.69, 9.17) is 0 Å². The van der Waals surface area contributed by atoms with Gasteiger partial charge in [-0.05, 0) is 37.1 Å². The Morgan fingerprint density at radius 2 is 1.66 bits per heavy atom. The minimum Gasteiger partial charge on any atom is -0.478 e. The lowest BCUT2D eigenvalue weighted by Gasteiger charge is -2.36. The normalized spacial score (nSPS) is 14.5. The first kappa shape index (κ1) is 31.6. The van der Waals surface area contributed by atoms with Crippen LogP contribution >= 0.6 is 0 Å². The summed E-state index contributed by atoms with van der Waals surface area (Å²) in [5.74, 6) is -1.64. The Kier molecular flexibility index (Phi) is 10.2. The van der Waals surface area contributed by atoms with Gasteiger partial charge in [-0.3, -0.25) is 9.59 Å². The molecule has 2 aromatic carbocycles. The van der Waals surface area contributed by atoms with Crippen LogP contribution in [0, 0.1) is 5.92 Å². The highest BCUT2D eigenvalue weighted by molar-refractivity contribution is 5.93. The number of benzene rings is 2. The molecule has 8 heteroatoms. The molecule has 3 N–H and O–H groups in total. The van der Waals surface area contributed by atoms with Gasteiger partial charge in [-0.25, -0.2) is 4.79 Å². The van der Waals surface area contributed by atoms with Crippen molar-refractivity contribution < 1.29 is 19.5 Å². The molecule has 0 unspecified atom stereocenters. The average Bonchev–Trinajstić information content (AvgIpc) is 3.28. The van der Waals surface area contributed by atoms with Crippen LogP contribution in [0.1, 0.15) is 45.7 Å². The van der Waals surface area contributed by atoms with Gasteiger partial charge < -0.3 is 25.2 Å². The van der Waals surface area contributed by atoms with E-state index in [1.54, 1.807) is 25.1 Å². The summed E-state index contributed by atoms with van der Waals surface area (Å²) in [6, 6.07) is 15.7. The van der Waals surface area contributed by atoms with Crippen molar-refractivity contribution in [3.8, 4) is 0 Å². The largest absolute Gasteiger partial charge is 0.478 e. The fourth-order valence-corrected chi connectivity index (χ4v) is 5.61. The van der Waals surface area contributed by atoms with Crippen molar-refractivity contribution in [2.45, 2.75) is 64.6 Å². The third kappa shape index (κ3) is 7.06. The number of hydrogen-bond donors (Lipinski definition) is 3. The summed E-state index contributed by atoms with van der Waals surface area (Å²) in [5, 5.41) is 16.8. The molecule has 1 heterocycles. The number of nitrogens with zero attached hydrogens (tertiary/aromatic N) is 2. The van der Waals surface area contributed by atoms with E-state index in [0.717, 1.165) is 22.0 Å². The molecule has 3 aromatic rings. The Morgan fingerprint density at radius 3 is 2.24 bits per heavy atom. The predicted molar refractivity (Wildman–Crippen MR) is 164 cm³/mol. The molecule has 0 aliphatic rings. The van der Waals surface area contributed by atoms with E-state index < -0.39 is 29.5 Å². The van der Waals surface area contributed by atoms with Gasteiger partial charge in [0.2, 0.25) is 11.8 Å². The van der Waals surface area contributed by atoms with Gasteiger partial charge in [-0.15, -0.1) is 0 Å². The summed E-state index contributed by atoms with van der Waals surface area (Å²) in [7, 11) is 5.41. The lowest BCUT2D eigenvalue weighted by atomic mass is 9.77. The number of carboxylic acids is 1. The number of carboxylic acid groups (broad SMARTS) is 1. The summed E-state index contributed by atoms with van der Waals surface area (Å²) < 4.78 is 2.06. The van der Waals surface area contributed by atoms with E-state index >= 15 is 0 Å². The van der Waals surface area contributed by atoms with Crippen molar-refractivity contribution in [3.05, 3.63) is 83.6 Å². The standard InChI is InChI=1S/C33H44N4O4/c1-21(2)28(18-22(3)32(40)41)37(8)31(39)26(19-23-14-10-9-11-15-23)35-30(38)29(34-6)33(4,5)25-20-36(7)27-17-13-12-16-24(25)27/h9-18,20-21,26,28-29,34H,19H2,1-8H3,(H,35,38)(H,40,41)/t26-,28+,29+/m0/s1. The van der Waals surface area contributed by atoms with Crippen LogP contribution in [0.25, 0.3) is 10.9 Å². The van der Waals surface area contributed by atoms with Crippen LogP contribution < -0.4 is 10.6 Å². The molecule has 0 spiro atoms. The SMILES string of the molecule is CN[C@H](C(=O)N[C@@H](Cc1ccccc1)C(=O)N(C)[C@H](C=C(C)C(=O)O)C(C)C)C(C)(C)c1cn(C)c2ccccc12. The molecule has 2 amide bonds. The van der Waals surface area contributed by atoms with E-state index in [1.807, 2.05) is 77.2 Å². The molecule has 3 atom stereocenters. The molecule has 1 aromatic heterocycles. The number of para-hydroxylation sites is 1. The van der Waals surface area contributed by atoms with Crippen LogP contribution in [0.4, 0.5) is 0 Å². The van der Waals surface area contributed by atoms with Crippen molar-refractivity contribution in [2.24, 2.45) is 13.0 Å². The summed E-state index contributed by atoms with van der Waals surface area (Å²) in [6.45, 7) is 9.46. The van der Waals surface area contributed by atoms with E-state index in [2.05, 4.69) is 33.5 Å². The van der Waals surface area contributed by atoms with Crippen LogP contribution in [0.5, 0.6) is 0 Å². The number of fused-ring (bicyclic) bond motifs is 1. The van der Waals surface area contributed by atoms with Gasteiger partial charge in [0.1, 0.15) is 6.04 Å². The molecule has 0 aliphatic heterocycles. The van der Waals surface area contributed by atoms with Crippen molar-refractivity contribution in [1.82, 2.24) is 20.1 Å². The Balaban J connectivity index is 1.97. The number of likely N-dealkylation sites (N-methyl/N-ethyl adjacent to an activating group) is 2. The predicted octanol–water partition coefficient (Wildman–Crippen LogP) is 4.29. The van der Waals surface area contributed by atoms with Gasteiger partial charge >= 0.3 is 5.97 Å². The lowest BCUT2D eigenvalue weighted by molar-refractivity contribution is -0.138. The highest BCUT2D eigenvalue weighted by atomic mass is 16.4. The number of nitrogens with one attached hydrogen (secondary N) is 2. The van der Waals surface area contributed by atoms with Crippen molar-refractivity contribution in [3.63, 3.8) is 0 Å². The second kappa shape index (κ2) is 13.2. The number of amides is 2. The maximum atomic E-state index is 14.0. The van der Waals surface area contributed by atoms with Crippen molar-refractivity contribution in [1.29, 1.82) is 0 Å². The third-order valence-electron chi connectivity index (χ3n) is 8.00. The monoisotopic (exact) mass is 560 g/mol.